The van der Waals surface area contributed by atoms with Crippen molar-refractivity contribution in [1.29, 1.82) is 0 Å². The van der Waals surface area contributed by atoms with Crippen LogP contribution in [0.25, 0.3) is 12.2 Å². The number of ether oxygens (including phenoxy) is 2. The molecule has 4 aromatic carbocycles. The molecule has 12 nitrogen and oxygen atoms in total. The smallest absolute Gasteiger partial charge is 0.497 e. The van der Waals surface area contributed by atoms with Gasteiger partial charge in [0.05, 0.1) is 14.2 Å². The molecule has 4 aromatic rings. The van der Waals surface area contributed by atoms with Gasteiger partial charge in [-0.05, 0) is 83.9 Å². The Morgan fingerprint density at radius 1 is 0.600 bits per heavy atom. The third-order valence-electron chi connectivity index (χ3n) is 6.25. The van der Waals surface area contributed by atoms with E-state index < -0.39 is 41.8 Å². The third kappa shape index (κ3) is 9.25. The Hall–Kier alpha value is -4.02. The molecule has 0 spiro atoms. The molecule has 0 aliphatic carbocycles. The number of methoxy groups -OCH3 is 2. The first-order valence-corrected chi connectivity index (χ1v) is 15.5. The van der Waals surface area contributed by atoms with Gasteiger partial charge in [-0.15, -0.1) is 0 Å². The minimum Gasteiger partial charge on any atom is -0.497 e. The largest absolute Gasteiger partial charge is 1.00 e. The van der Waals surface area contributed by atoms with Crippen LogP contribution in [0.1, 0.15) is 31.8 Å². The number of benzene rings is 4. The van der Waals surface area contributed by atoms with E-state index in [0.717, 1.165) is 12.1 Å². The summed E-state index contributed by atoms with van der Waals surface area (Å²) in [6.07, 6.45) is 2.41. The number of carbonyl (C=O) groups is 2. The second kappa shape index (κ2) is 14.8. The van der Waals surface area contributed by atoms with Crippen LogP contribution in [-0.4, -0.2) is 52.0 Å². The summed E-state index contributed by atoms with van der Waals surface area (Å²) in [5.74, 6) is -0.0173. The van der Waals surface area contributed by atoms with Crippen LogP contribution in [-0.2, 0) is 20.2 Å². The monoisotopic (exact) mass is 661 g/mol. The molecule has 0 saturated carbocycles. The number of nitrogens with one attached hydrogen (secondary N) is 2. The van der Waals surface area contributed by atoms with E-state index in [-0.39, 0.29) is 63.2 Å². The van der Waals surface area contributed by atoms with Crippen LogP contribution in [0.15, 0.2) is 94.7 Å². The van der Waals surface area contributed by atoms with Gasteiger partial charge in [0, 0.05) is 22.5 Å². The fourth-order valence-electron chi connectivity index (χ4n) is 4.02. The number of carbonyl (C=O) groups excluding carboxylic acids is 2. The molecule has 0 aliphatic rings. The zero-order valence-corrected chi connectivity index (χ0v) is 27.8. The summed E-state index contributed by atoms with van der Waals surface area (Å²) in [5, 5.41) is 5.09. The number of anilines is 2. The van der Waals surface area contributed by atoms with Crippen molar-refractivity contribution in [3.63, 3.8) is 0 Å². The van der Waals surface area contributed by atoms with E-state index in [9.17, 15) is 35.5 Å². The zero-order chi connectivity index (χ0) is 32.1. The molecule has 0 fully saturated rings. The standard InChI is InChI=1S/C30H26N2O10S2.Na/c1-41-25-13-7-21(8-14-25)29(33)31-23-11-5-19(27(17-23)43(35,36)37)3-4-20-6-12-24(18-28(20)44(38,39)40)32-30(34)22-9-15-26(42-2)16-10-22;/h3-18H,1-2H3,(H,31,33)(H,32,34)(H,35,36,37)(H,38,39,40);/q;+1/b4-3+;. The summed E-state index contributed by atoms with van der Waals surface area (Å²) in [7, 11) is -6.65. The Labute approximate surface area is 281 Å². The second-order valence-electron chi connectivity index (χ2n) is 9.15. The van der Waals surface area contributed by atoms with Crippen LogP contribution in [0.4, 0.5) is 11.4 Å². The Morgan fingerprint density at radius 3 is 1.22 bits per heavy atom. The molecule has 45 heavy (non-hydrogen) atoms. The van der Waals surface area contributed by atoms with Crippen molar-refractivity contribution in [2.75, 3.05) is 24.9 Å². The van der Waals surface area contributed by atoms with Gasteiger partial charge in [0.2, 0.25) is 0 Å². The zero-order valence-electron chi connectivity index (χ0n) is 24.2. The molecule has 0 unspecified atom stereocenters. The molecular weight excluding hydrogens is 635 g/mol. The number of rotatable bonds is 10. The topological polar surface area (TPSA) is 185 Å². The summed E-state index contributed by atoms with van der Waals surface area (Å²) in [4.78, 5) is 24.1. The Bertz CT molecular complexity index is 1820. The maximum Gasteiger partial charge on any atom is 1.00 e. The van der Waals surface area contributed by atoms with Crippen molar-refractivity contribution in [2.24, 2.45) is 0 Å². The normalized spacial score (nSPS) is 11.4. The summed E-state index contributed by atoms with van der Waals surface area (Å²) >= 11 is 0. The average molecular weight is 662 g/mol. The molecule has 15 heteroatoms. The van der Waals surface area contributed by atoms with Crippen LogP contribution in [0.3, 0.4) is 0 Å². The quantitative estimate of drug-likeness (QED) is 0.111. The summed E-state index contributed by atoms with van der Waals surface area (Å²) in [6.45, 7) is 0. The van der Waals surface area contributed by atoms with Crippen molar-refractivity contribution in [1.82, 2.24) is 0 Å². The molecular formula is C30H26N2NaO10S2+. The van der Waals surface area contributed by atoms with Gasteiger partial charge in [0.1, 0.15) is 21.3 Å². The average Bonchev–Trinajstić information content (AvgIpc) is 2.99. The molecule has 0 aliphatic heterocycles. The van der Waals surface area contributed by atoms with E-state index in [1.165, 1.54) is 74.9 Å². The molecule has 4 rings (SSSR count). The maximum absolute atomic E-state index is 12.6. The molecule has 0 radical (unpaired) electrons. The van der Waals surface area contributed by atoms with Gasteiger partial charge >= 0.3 is 29.6 Å². The summed E-state index contributed by atoms with van der Waals surface area (Å²) < 4.78 is 78.6. The van der Waals surface area contributed by atoms with Crippen molar-refractivity contribution in [3.8, 4) is 11.5 Å². The van der Waals surface area contributed by atoms with Gasteiger partial charge in [-0.1, -0.05) is 24.3 Å². The van der Waals surface area contributed by atoms with Gasteiger partial charge in [-0.3, -0.25) is 18.7 Å². The van der Waals surface area contributed by atoms with Crippen LogP contribution < -0.4 is 49.7 Å². The van der Waals surface area contributed by atoms with E-state index in [1.54, 1.807) is 24.3 Å². The molecule has 0 bridgehead atoms. The van der Waals surface area contributed by atoms with Gasteiger partial charge < -0.3 is 20.1 Å². The first-order chi connectivity index (χ1) is 20.8. The number of hydrogen-bond acceptors (Lipinski definition) is 8. The molecule has 0 aromatic heterocycles. The van der Waals surface area contributed by atoms with Gasteiger partial charge in [0.15, 0.2) is 0 Å². The molecule has 228 valence electrons. The fourth-order valence-corrected chi connectivity index (χ4v) is 5.44. The SMILES string of the molecule is COc1ccc(C(=O)Nc2ccc(/C=C/c3ccc(NC(=O)c4ccc(OC)cc4)cc3S(=O)(=O)O)c(S(=O)(=O)O)c2)cc1.[Na+]. The molecule has 0 atom stereocenters. The predicted octanol–water partition coefficient (Wildman–Crippen LogP) is 1.88. The van der Waals surface area contributed by atoms with Crippen LogP contribution in [0, 0.1) is 0 Å². The Balaban J connectivity index is 0.00000552. The van der Waals surface area contributed by atoms with Crippen LogP contribution >= 0.6 is 0 Å². The third-order valence-corrected chi connectivity index (χ3v) is 8.06. The van der Waals surface area contributed by atoms with Gasteiger partial charge in [0.25, 0.3) is 32.1 Å². The first-order valence-electron chi connectivity index (χ1n) is 12.6. The predicted molar refractivity (Wildman–Crippen MR) is 163 cm³/mol. The van der Waals surface area contributed by atoms with Gasteiger partial charge in [-0.25, -0.2) is 0 Å². The number of amides is 2. The maximum atomic E-state index is 12.6. The fraction of sp³-hybridized carbons (Fsp3) is 0.0667. The van der Waals surface area contributed by atoms with Crippen LogP contribution in [0.5, 0.6) is 11.5 Å². The van der Waals surface area contributed by atoms with E-state index >= 15 is 0 Å². The Morgan fingerprint density at radius 2 is 0.933 bits per heavy atom. The summed E-state index contributed by atoms with van der Waals surface area (Å²) in [5.41, 5.74) is 0.563. The van der Waals surface area contributed by atoms with Gasteiger partial charge in [-0.2, -0.15) is 16.8 Å². The van der Waals surface area contributed by atoms with E-state index in [4.69, 9.17) is 9.47 Å². The minimum absolute atomic E-state index is 0. The van der Waals surface area contributed by atoms with Crippen molar-refractivity contribution in [2.45, 2.75) is 9.79 Å². The second-order valence-corrected chi connectivity index (χ2v) is 11.9. The van der Waals surface area contributed by atoms with E-state index in [0.29, 0.717) is 11.5 Å². The molecule has 2 amide bonds. The van der Waals surface area contributed by atoms with Crippen molar-refractivity contribution >= 4 is 55.6 Å². The molecule has 0 saturated heterocycles. The van der Waals surface area contributed by atoms with E-state index in [2.05, 4.69) is 10.6 Å². The van der Waals surface area contributed by atoms with E-state index in [1.807, 2.05) is 0 Å². The van der Waals surface area contributed by atoms with Crippen molar-refractivity contribution in [3.05, 3.63) is 107 Å². The minimum atomic E-state index is -4.80. The first kappa shape index (κ1) is 35.5. The number of hydrogen-bond donors (Lipinski definition) is 4. The molecule has 4 N–H and O–H groups in total. The Kier molecular flexibility index (Phi) is 11.7. The van der Waals surface area contributed by atoms with Crippen molar-refractivity contribution < 1.29 is 74.6 Å². The van der Waals surface area contributed by atoms with Crippen LogP contribution in [0.2, 0.25) is 0 Å². The molecule has 0 heterocycles. The summed E-state index contributed by atoms with van der Waals surface area (Å²) in [6, 6.07) is 19.8.